The van der Waals surface area contributed by atoms with Crippen LogP contribution in [0.5, 0.6) is 0 Å². The van der Waals surface area contributed by atoms with E-state index in [1.807, 2.05) is 48.5 Å². The number of carbonyl (C=O) groups excluding carboxylic acids is 1. The average Bonchev–Trinajstić information content (AvgIpc) is 2.66. The Balaban J connectivity index is 1.90. The summed E-state index contributed by atoms with van der Waals surface area (Å²) in [5.74, 6) is -0.168. The van der Waals surface area contributed by atoms with Crippen LogP contribution < -0.4 is 5.32 Å². The molecule has 6 heteroatoms. The first kappa shape index (κ1) is 18.9. The van der Waals surface area contributed by atoms with E-state index in [9.17, 15) is 4.79 Å². The van der Waals surface area contributed by atoms with E-state index in [1.54, 1.807) is 0 Å². The number of rotatable bonds is 7. The molecule has 0 saturated heterocycles. The van der Waals surface area contributed by atoms with E-state index in [0.29, 0.717) is 17.3 Å². The van der Waals surface area contributed by atoms with Gasteiger partial charge in [-0.1, -0.05) is 59.6 Å². The molecule has 0 bridgehead atoms. The number of amides is 1. The normalized spacial score (nSPS) is 10.8. The van der Waals surface area contributed by atoms with Crippen molar-refractivity contribution in [3.8, 4) is 0 Å². The number of nitrogens with one attached hydrogen (secondary N) is 1. The second-order valence-corrected chi connectivity index (χ2v) is 7.86. The standard InChI is InChI=1S/C20H20BrN3OS/c1-2-3-6-13-22-19(25)18-20(26-15-11-9-14(21)10-12-15)24-17-8-5-4-7-16(17)23-18/h4-5,7-12H,2-3,6,13H2,1H3,(H,22,25). The van der Waals surface area contributed by atoms with Crippen LogP contribution in [-0.4, -0.2) is 22.4 Å². The van der Waals surface area contributed by atoms with E-state index < -0.39 is 0 Å². The summed E-state index contributed by atoms with van der Waals surface area (Å²) < 4.78 is 1.01. The third-order valence-corrected chi connectivity index (χ3v) is 5.36. The number of fused-ring (bicyclic) bond motifs is 1. The van der Waals surface area contributed by atoms with E-state index in [2.05, 4.69) is 38.1 Å². The van der Waals surface area contributed by atoms with Crippen LogP contribution in [0.25, 0.3) is 11.0 Å². The summed E-state index contributed by atoms with van der Waals surface area (Å²) in [5.41, 5.74) is 1.90. The molecular formula is C20H20BrN3OS. The molecule has 0 aliphatic rings. The maximum absolute atomic E-state index is 12.7. The fourth-order valence-electron chi connectivity index (χ4n) is 2.48. The van der Waals surface area contributed by atoms with Crippen molar-refractivity contribution < 1.29 is 4.79 Å². The molecular weight excluding hydrogens is 410 g/mol. The summed E-state index contributed by atoms with van der Waals surface area (Å²) in [4.78, 5) is 23.0. The quantitative estimate of drug-likeness (QED) is 0.506. The topological polar surface area (TPSA) is 54.9 Å². The highest BCUT2D eigenvalue weighted by atomic mass is 79.9. The van der Waals surface area contributed by atoms with Crippen LogP contribution in [0.3, 0.4) is 0 Å². The number of hydrogen-bond donors (Lipinski definition) is 1. The number of benzene rings is 2. The molecule has 1 heterocycles. The van der Waals surface area contributed by atoms with Crippen molar-refractivity contribution in [2.75, 3.05) is 6.54 Å². The Kier molecular flexibility index (Phi) is 6.63. The van der Waals surface area contributed by atoms with Crippen LogP contribution in [0, 0.1) is 0 Å². The van der Waals surface area contributed by atoms with Crippen LogP contribution >= 0.6 is 27.7 Å². The van der Waals surface area contributed by atoms with Gasteiger partial charge in [-0.15, -0.1) is 0 Å². The summed E-state index contributed by atoms with van der Waals surface area (Å²) in [6.07, 6.45) is 3.19. The minimum atomic E-state index is -0.168. The third kappa shape index (κ3) is 4.83. The third-order valence-electron chi connectivity index (χ3n) is 3.85. The van der Waals surface area contributed by atoms with Crippen LogP contribution in [0.1, 0.15) is 36.7 Å². The Bertz CT molecular complexity index is 899. The number of unbranched alkanes of at least 4 members (excludes halogenated alkanes) is 2. The zero-order valence-corrected chi connectivity index (χ0v) is 16.9. The molecule has 3 aromatic rings. The monoisotopic (exact) mass is 429 g/mol. The first-order valence-electron chi connectivity index (χ1n) is 8.66. The van der Waals surface area contributed by atoms with Gasteiger partial charge in [0.15, 0.2) is 5.69 Å². The second kappa shape index (κ2) is 9.14. The fraction of sp³-hybridized carbons (Fsp3) is 0.250. The van der Waals surface area contributed by atoms with E-state index in [-0.39, 0.29) is 5.91 Å². The number of hydrogen-bond acceptors (Lipinski definition) is 4. The number of carbonyl (C=O) groups is 1. The molecule has 26 heavy (non-hydrogen) atoms. The van der Waals surface area contributed by atoms with Crippen molar-refractivity contribution in [3.05, 3.63) is 58.7 Å². The minimum Gasteiger partial charge on any atom is -0.351 e. The molecule has 0 fully saturated rings. The molecule has 0 spiro atoms. The lowest BCUT2D eigenvalue weighted by molar-refractivity contribution is 0.0944. The predicted octanol–water partition coefficient (Wildman–Crippen LogP) is 5.46. The summed E-state index contributed by atoms with van der Waals surface area (Å²) in [7, 11) is 0. The zero-order chi connectivity index (χ0) is 18.4. The average molecular weight is 430 g/mol. The molecule has 1 aromatic heterocycles. The van der Waals surface area contributed by atoms with Crippen LogP contribution in [0.15, 0.2) is 62.9 Å². The van der Waals surface area contributed by atoms with Gasteiger partial charge in [-0.2, -0.15) is 0 Å². The van der Waals surface area contributed by atoms with Crippen molar-refractivity contribution in [2.24, 2.45) is 0 Å². The number of nitrogens with zero attached hydrogens (tertiary/aromatic N) is 2. The van der Waals surface area contributed by atoms with E-state index in [4.69, 9.17) is 0 Å². The van der Waals surface area contributed by atoms with Crippen LogP contribution in [0.4, 0.5) is 0 Å². The summed E-state index contributed by atoms with van der Waals surface area (Å²) in [6.45, 7) is 2.80. The Morgan fingerprint density at radius 1 is 1.04 bits per heavy atom. The highest BCUT2D eigenvalue weighted by Gasteiger charge is 2.17. The summed E-state index contributed by atoms with van der Waals surface area (Å²) in [5, 5.41) is 3.60. The Labute approximate surface area is 166 Å². The fourth-order valence-corrected chi connectivity index (χ4v) is 3.62. The minimum absolute atomic E-state index is 0.168. The maximum Gasteiger partial charge on any atom is 0.272 e. The first-order chi connectivity index (χ1) is 12.7. The smallest absolute Gasteiger partial charge is 0.272 e. The van der Waals surface area contributed by atoms with Crippen molar-refractivity contribution in [3.63, 3.8) is 0 Å². The Morgan fingerprint density at radius 2 is 1.73 bits per heavy atom. The summed E-state index contributed by atoms with van der Waals surface area (Å²) in [6, 6.07) is 15.6. The van der Waals surface area contributed by atoms with E-state index in [1.165, 1.54) is 11.8 Å². The van der Waals surface area contributed by atoms with Crippen molar-refractivity contribution in [1.29, 1.82) is 0 Å². The molecule has 134 valence electrons. The molecule has 0 radical (unpaired) electrons. The molecule has 0 aliphatic carbocycles. The molecule has 4 nitrogen and oxygen atoms in total. The van der Waals surface area contributed by atoms with E-state index >= 15 is 0 Å². The SMILES string of the molecule is CCCCCNC(=O)c1nc2ccccc2nc1Sc1ccc(Br)cc1. The first-order valence-corrected chi connectivity index (χ1v) is 10.3. The second-order valence-electron chi connectivity index (χ2n) is 5.89. The van der Waals surface area contributed by atoms with Crippen molar-refractivity contribution >= 4 is 44.6 Å². The molecule has 0 saturated carbocycles. The van der Waals surface area contributed by atoms with Crippen LogP contribution in [0.2, 0.25) is 0 Å². The lowest BCUT2D eigenvalue weighted by Crippen LogP contribution is -2.26. The number of halogens is 1. The predicted molar refractivity (Wildman–Crippen MR) is 110 cm³/mol. The Hall–Kier alpha value is -1.92. The lowest BCUT2D eigenvalue weighted by atomic mass is 10.2. The van der Waals surface area contributed by atoms with Gasteiger partial charge in [0.1, 0.15) is 5.03 Å². The molecule has 1 N–H and O–H groups in total. The molecule has 0 unspecified atom stereocenters. The highest BCUT2D eigenvalue weighted by Crippen LogP contribution is 2.30. The Morgan fingerprint density at radius 3 is 2.42 bits per heavy atom. The van der Waals surface area contributed by atoms with Gasteiger partial charge in [0.2, 0.25) is 0 Å². The van der Waals surface area contributed by atoms with Gasteiger partial charge in [-0.3, -0.25) is 4.79 Å². The van der Waals surface area contributed by atoms with Crippen molar-refractivity contribution in [2.45, 2.75) is 36.1 Å². The van der Waals surface area contributed by atoms with Gasteiger partial charge < -0.3 is 5.32 Å². The van der Waals surface area contributed by atoms with Gasteiger partial charge in [-0.25, -0.2) is 9.97 Å². The molecule has 0 aliphatic heterocycles. The lowest BCUT2D eigenvalue weighted by Gasteiger charge is -2.10. The van der Waals surface area contributed by atoms with Gasteiger partial charge in [0, 0.05) is 15.9 Å². The van der Waals surface area contributed by atoms with Crippen LogP contribution in [-0.2, 0) is 0 Å². The van der Waals surface area contributed by atoms with Gasteiger partial charge in [0.05, 0.1) is 11.0 Å². The zero-order valence-electron chi connectivity index (χ0n) is 14.5. The largest absolute Gasteiger partial charge is 0.351 e. The van der Waals surface area contributed by atoms with Gasteiger partial charge in [-0.05, 0) is 42.8 Å². The molecule has 1 amide bonds. The molecule has 0 atom stereocenters. The molecule has 2 aromatic carbocycles. The maximum atomic E-state index is 12.7. The highest BCUT2D eigenvalue weighted by molar-refractivity contribution is 9.10. The van der Waals surface area contributed by atoms with Crippen molar-refractivity contribution in [1.82, 2.24) is 15.3 Å². The summed E-state index contributed by atoms with van der Waals surface area (Å²) >= 11 is 4.90. The number of para-hydroxylation sites is 2. The van der Waals surface area contributed by atoms with Gasteiger partial charge >= 0.3 is 0 Å². The van der Waals surface area contributed by atoms with E-state index in [0.717, 1.165) is 39.7 Å². The molecule has 3 rings (SSSR count). The number of aromatic nitrogens is 2. The van der Waals surface area contributed by atoms with Gasteiger partial charge in [0.25, 0.3) is 5.91 Å².